The van der Waals surface area contributed by atoms with Crippen LogP contribution in [0.25, 0.3) is 0 Å². The highest BCUT2D eigenvalue weighted by atomic mass is 35.5. The Morgan fingerprint density at radius 1 is 1.09 bits per heavy atom. The normalized spacial score (nSPS) is 11.9. The molecule has 178 valence electrons. The van der Waals surface area contributed by atoms with Crippen molar-refractivity contribution in [2.45, 2.75) is 19.1 Å². The summed E-state index contributed by atoms with van der Waals surface area (Å²) in [5, 5.41) is 10.3. The third-order valence-corrected chi connectivity index (χ3v) is 5.12. The summed E-state index contributed by atoms with van der Waals surface area (Å²) in [7, 11) is 1.42. The molecule has 0 aliphatic rings. The molecule has 0 aliphatic heterocycles. The van der Waals surface area contributed by atoms with Gasteiger partial charge in [0.05, 0.1) is 17.2 Å². The second-order valence-corrected chi connectivity index (χ2v) is 7.36. The van der Waals surface area contributed by atoms with Crippen LogP contribution in [0.5, 0.6) is 11.5 Å². The van der Waals surface area contributed by atoms with Gasteiger partial charge in [-0.25, -0.2) is 4.79 Å². The molecule has 0 aliphatic carbocycles. The summed E-state index contributed by atoms with van der Waals surface area (Å²) in [6.07, 6.45) is 5.95. The first-order chi connectivity index (χ1) is 16.3. The molecule has 0 saturated heterocycles. The molecule has 0 spiro atoms. The van der Waals surface area contributed by atoms with Crippen molar-refractivity contribution in [1.82, 2.24) is 10.9 Å². The van der Waals surface area contributed by atoms with Gasteiger partial charge in [-0.05, 0) is 30.3 Å². The summed E-state index contributed by atoms with van der Waals surface area (Å²) in [5.74, 6) is 6.46. The van der Waals surface area contributed by atoms with E-state index in [9.17, 15) is 14.7 Å². The van der Waals surface area contributed by atoms with Crippen LogP contribution in [0, 0.1) is 24.2 Å². The molecule has 1 amide bonds. The molecule has 0 heterocycles. The fourth-order valence-electron chi connectivity index (χ4n) is 2.73. The maximum Gasteiger partial charge on any atom is 0.358 e. The summed E-state index contributed by atoms with van der Waals surface area (Å²) in [6.45, 7) is 1.71. The summed E-state index contributed by atoms with van der Waals surface area (Å²) in [4.78, 5) is 25.0. The average Bonchev–Trinajstić information content (AvgIpc) is 2.83. The molecule has 8 nitrogen and oxygen atoms in total. The van der Waals surface area contributed by atoms with Crippen molar-refractivity contribution in [2.24, 2.45) is 0 Å². The number of hydrogen-bond acceptors (Lipinski definition) is 6. The molecule has 2 aromatic carbocycles. The minimum Gasteiger partial charge on any atom is -0.493 e. The molecule has 1 atom stereocenters. The Bertz CT molecular complexity index is 1150. The summed E-state index contributed by atoms with van der Waals surface area (Å²) < 4.78 is 16.2. The number of terminal acetylenes is 1. The topological polar surface area (TPSA) is 106 Å². The highest BCUT2D eigenvalue weighted by Gasteiger charge is 2.43. The molecule has 10 heteroatoms. The predicted octanol–water partition coefficient (Wildman–Crippen LogP) is 3.62. The number of hydrazine groups is 1. The SMILES string of the molecule is C#CCOC(NNC(=O)c1ccc(OCC#CCC)c(OC)c1)(C(=O)O)c1ccc(Cl)c(Cl)c1. The first-order valence-corrected chi connectivity index (χ1v) is 10.6. The number of methoxy groups -OCH3 is 1. The number of carbonyl (C=O) groups excluding carboxylic acids is 1. The monoisotopic (exact) mass is 504 g/mol. The lowest BCUT2D eigenvalue weighted by Gasteiger charge is -2.30. The molecule has 3 N–H and O–H groups in total. The number of halogens is 2. The molecule has 0 fully saturated rings. The van der Waals surface area contributed by atoms with E-state index in [0.717, 1.165) is 0 Å². The van der Waals surface area contributed by atoms with Gasteiger partial charge < -0.3 is 19.3 Å². The van der Waals surface area contributed by atoms with Gasteiger partial charge in [0.15, 0.2) is 11.5 Å². The lowest BCUT2D eigenvalue weighted by molar-refractivity contribution is -0.173. The highest BCUT2D eigenvalue weighted by molar-refractivity contribution is 6.42. The summed E-state index contributed by atoms with van der Waals surface area (Å²) >= 11 is 12.0. The number of amides is 1. The van der Waals surface area contributed by atoms with E-state index in [-0.39, 0.29) is 34.4 Å². The Hall–Kier alpha value is -3.40. The highest BCUT2D eigenvalue weighted by Crippen LogP contribution is 2.31. The molecule has 2 rings (SSSR count). The van der Waals surface area contributed by atoms with E-state index < -0.39 is 17.6 Å². The van der Waals surface area contributed by atoms with Gasteiger partial charge in [0.1, 0.15) is 13.2 Å². The van der Waals surface area contributed by atoms with Gasteiger partial charge in [-0.1, -0.05) is 48.0 Å². The number of rotatable bonds is 10. The van der Waals surface area contributed by atoms with Crippen LogP contribution < -0.4 is 20.3 Å². The van der Waals surface area contributed by atoms with Crippen molar-refractivity contribution in [2.75, 3.05) is 20.3 Å². The third-order valence-electron chi connectivity index (χ3n) is 4.38. The molecular weight excluding hydrogens is 483 g/mol. The van der Waals surface area contributed by atoms with Crippen molar-refractivity contribution >= 4 is 35.1 Å². The fourth-order valence-corrected chi connectivity index (χ4v) is 3.03. The second kappa shape index (κ2) is 12.7. The number of carboxylic acid groups (broad SMARTS) is 1. The number of ether oxygens (including phenoxy) is 3. The van der Waals surface area contributed by atoms with Crippen LogP contribution in [-0.4, -0.2) is 37.3 Å². The standard InChI is InChI=1S/C24H22Cl2N2O6/c1-4-6-7-13-33-20-11-8-16(14-21(20)32-3)22(29)27-28-24(23(30)31,34-12-5-2)17-9-10-18(25)19(26)15-17/h2,8-11,14-15,28H,4,12-13H2,1,3H3,(H,27,29)(H,30,31). The first kappa shape index (κ1) is 26.8. The average molecular weight is 505 g/mol. The maximum atomic E-state index is 12.8. The van der Waals surface area contributed by atoms with Gasteiger partial charge in [0.2, 0.25) is 0 Å². The Labute approximate surface area is 207 Å². The maximum absolute atomic E-state index is 12.8. The molecule has 0 radical (unpaired) electrons. The smallest absolute Gasteiger partial charge is 0.358 e. The molecule has 34 heavy (non-hydrogen) atoms. The second-order valence-electron chi connectivity index (χ2n) is 6.55. The Morgan fingerprint density at radius 3 is 2.47 bits per heavy atom. The van der Waals surface area contributed by atoms with Crippen LogP contribution >= 0.6 is 23.2 Å². The zero-order chi connectivity index (χ0) is 25.1. The minimum atomic E-state index is -2.25. The van der Waals surface area contributed by atoms with E-state index in [1.54, 1.807) is 6.07 Å². The van der Waals surface area contributed by atoms with E-state index in [4.69, 9.17) is 43.8 Å². The van der Waals surface area contributed by atoms with Crippen molar-refractivity contribution in [3.63, 3.8) is 0 Å². The lowest BCUT2D eigenvalue weighted by Crippen LogP contribution is -2.58. The number of aliphatic carboxylic acids is 1. The minimum absolute atomic E-state index is 0.0551. The number of nitrogens with one attached hydrogen (secondary N) is 2. The Balaban J connectivity index is 2.29. The van der Waals surface area contributed by atoms with Crippen molar-refractivity contribution in [1.29, 1.82) is 0 Å². The zero-order valence-electron chi connectivity index (χ0n) is 18.4. The van der Waals surface area contributed by atoms with Gasteiger partial charge in [-0.3, -0.25) is 10.2 Å². The van der Waals surface area contributed by atoms with Crippen LogP contribution in [0.15, 0.2) is 36.4 Å². The van der Waals surface area contributed by atoms with Crippen molar-refractivity contribution in [3.8, 4) is 35.7 Å². The predicted molar refractivity (Wildman–Crippen MR) is 128 cm³/mol. The van der Waals surface area contributed by atoms with Crippen LogP contribution in [0.4, 0.5) is 0 Å². The molecule has 0 aromatic heterocycles. The number of carboxylic acids is 1. The lowest BCUT2D eigenvalue weighted by atomic mass is 10.0. The number of hydrogen-bond donors (Lipinski definition) is 3. The van der Waals surface area contributed by atoms with Gasteiger partial charge in [0.25, 0.3) is 11.6 Å². The quantitative estimate of drug-likeness (QED) is 0.257. The van der Waals surface area contributed by atoms with Crippen LogP contribution in [0.2, 0.25) is 10.0 Å². The Kier molecular flexibility index (Phi) is 10.1. The third kappa shape index (κ3) is 6.57. The molecule has 0 bridgehead atoms. The summed E-state index contributed by atoms with van der Waals surface area (Å²) in [6, 6.07) is 8.53. The molecule has 0 saturated carbocycles. The summed E-state index contributed by atoms with van der Waals surface area (Å²) in [5.41, 5.74) is 2.72. The van der Waals surface area contributed by atoms with E-state index in [0.29, 0.717) is 17.9 Å². The van der Waals surface area contributed by atoms with E-state index in [1.807, 2.05) is 6.92 Å². The molecular formula is C24H22Cl2N2O6. The van der Waals surface area contributed by atoms with Crippen LogP contribution in [0.3, 0.4) is 0 Å². The van der Waals surface area contributed by atoms with Crippen molar-refractivity contribution < 1.29 is 28.9 Å². The van der Waals surface area contributed by atoms with Crippen LogP contribution in [0.1, 0.15) is 29.3 Å². The zero-order valence-corrected chi connectivity index (χ0v) is 19.9. The largest absolute Gasteiger partial charge is 0.493 e. The Morgan fingerprint density at radius 2 is 1.85 bits per heavy atom. The number of benzene rings is 2. The number of carbonyl (C=O) groups is 2. The first-order valence-electron chi connectivity index (χ1n) is 9.89. The fraction of sp³-hybridized carbons (Fsp3) is 0.250. The van der Waals surface area contributed by atoms with Crippen molar-refractivity contribution in [3.05, 3.63) is 57.6 Å². The van der Waals surface area contributed by atoms with Gasteiger partial charge in [0, 0.05) is 17.5 Å². The molecule has 1 unspecified atom stereocenters. The van der Waals surface area contributed by atoms with E-state index >= 15 is 0 Å². The van der Waals surface area contributed by atoms with Crippen LogP contribution in [-0.2, 0) is 15.3 Å². The molecule has 2 aromatic rings. The van der Waals surface area contributed by atoms with Gasteiger partial charge >= 0.3 is 5.97 Å². The van der Waals surface area contributed by atoms with E-state index in [1.165, 1.54) is 37.4 Å². The van der Waals surface area contributed by atoms with Gasteiger partial charge in [-0.15, -0.1) is 12.3 Å². The van der Waals surface area contributed by atoms with Gasteiger partial charge in [-0.2, -0.15) is 5.43 Å². The van der Waals surface area contributed by atoms with E-state index in [2.05, 4.69) is 28.6 Å².